The van der Waals surface area contributed by atoms with Crippen LogP contribution in [0.25, 0.3) is 0 Å². The number of halogens is 1. The van der Waals surface area contributed by atoms with Gasteiger partial charge in [-0.15, -0.1) is 0 Å². The van der Waals surface area contributed by atoms with Crippen molar-refractivity contribution in [3.05, 3.63) is 101 Å². The van der Waals surface area contributed by atoms with Gasteiger partial charge in [0.25, 0.3) is 5.91 Å². The highest BCUT2D eigenvalue weighted by Gasteiger charge is 2.33. The summed E-state index contributed by atoms with van der Waals surface area (Å²) >= 11 is 1.18. The highest BCUT2D eigenvalue weighted by molar-refractivity contribution is 7.99. The van der Waals surface area contributed by atoms with Gasteiger partial charge in [-0.1, -0.05) is 36.0 Å². The second-order valence-corrected chi connectivity index (χ2v) is 10.5. The summed E-state index contributed by atoms with van der Waals surface area (Å²) in [4.78, 5) is 38.5. The number of thioether (sulfide) groups is 1. The van der Waals surface area contributed by atoms with E-state index in [4.69, 9.17) is 14.2 Å². The molecule has 224 valence electrons. The molecule has 0 saturated heterocycles. The van der Waals surface area contributed by atoms with E-state index in [1.165, 1.54) is 50.1 Å². The smallest absolute Gasteiger partial charge is 0.251 e. The number of nitrogens with one attached hydrogen (secondary N) is 1. The number of carbonyl (C=O) groups is 2. The molecule has 4 aromatic rings. The summed E-state index contributed by atoms with van der Waals surface area (Å²) in [7, 11) is 4.55. The average Bonchev–Trinajstić information content (AvgIpc) is 3.00. The minimum Gasteiger partial charge on any atom is -0.497 e. The number of nitrogens with zero attached hydrogens (tertiary/aromatic N) is 3. The predicted octanol–water partition coefficient (Wildman–Crippen LogP) is 5.76. The number of rotatable bonds is 12. The molecule has 11 heteroatoms. The molecule has 0 aliphatic rings. The maximum absolute atomic E-state index is 14.2. The third kappa shape index (κ3) is 8.23. The second-order valence-electron chi connectivity index (χ2n) is 9.60. The lowest BCUT2D eigenvalue weighted by atomic mass is 10.0. The average molecular weight is 605 g/mol. The monoisotopic (exact) mass is 604 g/mol. The molecule has 0 aliphatic heterocycles. The number of ether oxygens (including phenoxy) is 3. The number of amides is 2. The zero-order valence-electron chi connectivity index (χ0n) is 24.6. The van der Waals surface area contributed by atoms with Crippen molar-refractivity contribution < 1.29 is 28.2 Å². The number of methoxy groups -OCH3 is 3. The van der Waals surface area contributed by atoms with E-state index in [0.29, 0.717) is 39.2 Å². The Morgan fingerprint density at radius 2 is 1.56 bits per heavy atom. The summed E-state index contributed by atoms with van der Waals surface area (Å²) < 4.78 is 30.0. The van der Waals surface area contributed by atoms with E-state index < -0.39 is 17.8 Å². The maximum atomic E-state index is 14.2. The van der Waals surface area contributed by atoms with Crippen LogP contribution in [0.5, 0.6) is 17.2 Å². The van der Waals surface area contributed by atoms with E-state index in [1.54, 1.807) is 54.6 Å². The summed E-state index contributed by atoms with van der Waals surface area (Å²) in [6.45, 7) is 3.75. The van der Waals surface area contributed by atoms with Crippen LogP contribution in [0.4, 0.5) is 10.1 Å². The first-order valence-corrected chi connectivity index (χ1v) is 14.3. The van der Waals surface area contributed by atoms with Gasteiger partial charge in [0.1, 0.15) is 29.1 Å². The molecule has 0 fully saturated rings. The SMILES string of the molecule is COc1cccc(C(C(=O)Nc2ccc(OC)cc2OC)N(Cc2ccc(F)cc2)C(=O)CSc2nc(C)cc(C)n2)c1. The van der Waals surface area contributed by atoms with Gasteiger partial charge in [0.15, 0.2) is 5.16 Å². The fraction of sp³-hybridized carbons (Fsp3) is 0.250. The van der Waals surface area contributed by atoms with Crippen molar-refractivity contribution in [2.24, 2.45) is 0 Å². The number of benzene rings is 3. The first-order valence-electron chi connectivity index (χ1n) is 13.4. The van der Waals surface area contributed by atoms with Crippen LogP contribution in [0.1, 0.15) is 28.6 Å². The van der Waals surface area contributed by atoms with Crippen LogP contribution in [0.15, 0.2) is 78.0 Å². The van der Waals surface area contributed by atoms with Crippen LogP contribution in [0, 0.1) is 19.7 Å². The van der Waals surface area contributed by atoms with Crippen molar-refractivity contribution in [2.45, 2.75) is 31.6 Å². The van der Waals surface area contributed by atoms with Gasteiger partial charge in [0.05, 0.1) is 32.8 Å². The summed E-state index contributed by atoms with van der Waals surface area (Å²) in [5.74, 6) is 0.182. The van der Waals surface area contributed by atoms with E-state index in [9.17, 15) is 14.0 Å². The van der Waals surface area contributed by atoms with Crippen LogP contribution in [-0.4, -0.2) is 53.8 Å². The Morgan fingerprint density at radius 1 is 0.884 bits per heavy atom. The minimum atomic E-state index is -1.10. The van der Waals surface area contributed by atoms with Gasteiger partial charge in [-0.25, -0.2) is 14.4 Å². The number of aryl methyl sites for hydroxylation is 2. The van der Waals surface area contributed by atoms with E-state index in [0.717, 1.165) is 11.4 Å². The van der Waals surface area contributed by atoms with Gasteiger partial charge in [0, 0.05) is 24.0 Å². The van der Waals surface area contributed by atoms with Crippen LogP contribution >= 0.6 is 11.8 Å². The fourth-order valence-corrected chi connectivity index (χ4v) is 5.30. The van der Waals surface area contributed by atoms with Crippen LogP contribution in [-0.2, 0) is 16.1 Å². The fourth-order valence-electron chi connectivity index (χ4n) is 4.46. The molecule has 1 N–H and O–H groups in total. The van der Waals surface area contributed by atoms with Gasteiger partial charge >= 0.3 is 0 Å². The molecule has 0 radical (unpaired) electrons. The summed E-state index contributed by atoms with van der Waals surface area (Å²) in [5.41, 5.74) is 3.13. The number of hydrogen-bond donors (Lipinski definition) is 1. The first kappa shape index (κ1) is 31.3. The molecule has 1 atom stereocenters. The van der Waals surface area contributed by atoms with Crippen LogP contribution in [0.2, 0.25) is 0 Å². The molecule has 0 bridgehead atoms. The number of aromatic nitrogens is 2. The number of carbonyl (C=O) groups excluding carboxylic acids is 2. The summed E-state index contributed by atoms with van der Waals surface area (Å²) in [5, 5.41) is 3.38. The molecule has 4 rings (SSSR count). The minimum absolute atomic E-state index is 0.0302. The molecular formula is C32H33FN4O5S. The third-order valence-corrected chi connectivity index (χ3v) is 7.34. The van der Waals surface area contributed by atoms with Crippen LogP contribution in [0.3, 0.4) is 0 Å². The quantitative estimate of drug-likeness (QED) is 0.161. The van der Waals surface area contributed by atoms with Crippen molar-refractivity contribution in [2.75, 3.05) is 32.4 Å². The molecule has 9 nitrogen and oxygen atoms in total. The lowest BCUT2D eigenvalue weighted by Gasteiger charge is -2.32. The van der Waals surface area contributed by atoms with E-state index in [1.807, 2.05) is 19.9 Å². The highest BCUT2D eigenvalue weighted by Crippen LogP contribution is 2.33. The lowest BCUT2D eigenvalue weighted by molar-refractivity contribution is -0.137. The maximum Gasteiger partial charge on any atom is 0.251 e. The lowest BCUT2D eigenvalue weighted by Crippen LogP contribution is -2.42. The highest BCUT2D eigenvalue weighted by atomic mass is 32.2. The van der Waals surface area contributed by atoms with E-state index >= 15 is 0 Å². The Kier molecular flexibility index (Phi) is 10.6. The largest absolute Gasteiger partial charge is 0.497 e. The first-order chi connectivity index (χ1) is 20.7. The zero-order chi connectivity index (χ0) is 30.9. The molecule has 1 heterocycles. The van der Waals surface area contributed by atoms with Gasteiger partial charge in [0.2, 0.25) is 5.91 Å². The van der Waals surface area contributed by atoms with Crippen molar-refractivity contribution in [1.29, 1.82) is 0 Å². The number of anilines is 1. The van der Waals surface area contributed by atoms with Gasteiger partial charge < -0.3 is 24.4 Å². The van der Waals surface area contributed by atoms with E-state index in [-0.39, 0.29) is 18.2 Å². The summed E-state index contributed by atoms with van der Waals surface area (Å²) in [6, 6.07) is 18.5. The Bertz CT molecular complexity index is 1560. The van der Waals surface area contributed by atoms with Crippen molar-refractivity contribution >= 4 is 29.3 Å². The number of hydrogen-bond acceptors (Lipinski definition) is 8. The predicted molar refractivity (Wildman–Crippen MR) is 163 cm³/mol. The Labute approximate surface area is 254 Å². The topological polar surface area (TPSA) is 103 Å². The van der Waals surface area contributed by atoms with E-state index in [2.05, 4.69) is 15.3 Å². The molecular weight excluding hydrogens is 571 g/mol. The van der Waals surface area contributed by atoms with Crippen molar-refractivity contribution in [3.63, 3.8) is 0 Å². The molecule has 3 aromatic carbocycles. The van der Waals surface area contributed by atoms with Gasteiger partial charge in [-0.3, -0.25) is 9.59 Å². The van der Waals surface area contributed by atoms with Crippen molar-refractivity contribution in [1.82, 2.24) is 14.9 Å². The Balaban J connectivity index is 1.75. The molecule has 2 amide bonds. The molecule has 43 heavy (non-hydrogen) atoms. The second kappa shape index (κ2) is 14.5. The summed E-state index contributed by atoms with van der Waals surface area (Å²) in [6.07, 6.45) is 0. The Morgan fingerprint density at radius 3 is 2.21 bits per heavy atom. The standard InChI is InChI=1S/C32H33FN4O5S/c1-20-15-21(2)35-32(34-20)43-19-29(38)37(18-22-9-11-24(33)12-10-22)30(23-7-6-8-25(16-23)40-3)31(39)36-27-14-13-26(41-4)17-28(27)42-5/h6-17,30H,18-19H2,1-5H3,(H,36,39). The molecule has 1 unspecified atom stereocenters. The van der Waals surface area contributed by atoms with Crippen molar-refractivity contribution in [3.8, 4) is 17.2 Å². The Hall–Kier alpha value is -4.64. The zero-order valence-corrected chi connectivity index (χ0v) is 25.4. The van der Waals surface area contributed by atoms with Crippen LogP contribution < -0.4 is 19.5 Å². The molecule has 0 aliphatic carbocycles. The van der Waals surface area contributed by atoms with Gasteiger partial charge in [-0.05, 0) is 67.4 Å². The third-order valence-electron chi connectivity index (χ3n) is 6.51. The molecule has 0 spiro atoms. The molecule has 1 aromatic heterocycles. The molecule has 0 saturated carbocycles. The normalized spacial score (nSPS) is 11.4. The van der Waals surface area contributed by atoms with Gasteiger partial charge in [-0.2, -0.15) is 0 Å².